The zero-order valence-corrected chi connectivity index (χ0v) is 20.3. The highest BCUT2D eigenvalue weighted by molar-refractivity contribution is 5.69. The van der Waals surface area contributed by atoms with Gasteiger partial charge in [-0.05, 0) is 60.3 Å². The fourth-order valence-corrected chi connectivity index (χ4v) is 3.53. The highest BCUT2D eigenvalue weighted by Gasteiger charge is 2.16. The smallest absolute Gasteiger partial charge is 0.306 e. The number of allylic oxidation sites excluding steroid dienone is 2. The summed E-state index contributed by atoms with van der Waals surface area (Å²) in [6, 6.07) is 0. The molecule has 0 amide bonds. The van der Waals surface area contributed by atoms with Gasteiger partial charge in [-0.15, -0.1) is 0 Å². The summed E-state index contributed by atoms with van der Waals surface area (Å²) < 4.78 is 5.66. The van der Waals surface area contributed by atoms with Crippen LogP contribution >= 0.6 is 0 Å². The lowest BCUT2D eigenvalue weighted by molar-refractivity contribution is -0.150. The molecule has 0 fully saturated rings. The van der Waals surface area contributed by atoms with Gasteiger partial charge in [0.05, 0.1) is 0 Å². The highest BCUT2D eigenvalue weighted by Crippen LogP contribution is 2.11. The Morgan fingerprint density at radius 3 is 1.66 bits per heavy atom. The normalized spacial score (nSPS) is 12.0. The molecule has 0 saturated carbocycles. The summed E-state index contributed by atoms with van der Waals surface area (Å²) in [4.78, 5) is 16.2. The summed E-state index contributed by atoms with van der Waals surface area (Å²) in [6.07, 6.45) is 21.8. The average Bonchev–Trinajstić information content (AvgIpc) is 2.63. The van der Waals surface area contributed by atoms with Crippen LogP contribution in [0.1, 0.15) is 96.8 Å². The van der Waals surface area contributed by atoms with Crippen LogP contribution in [0.2, 0.25) is 0 Å². The van der Waals surface area contributed by atoms with Crippen molar-refractivity contribution in [2.45, 2.75) is 103 Å². The van der Waals surface area contributed by atoms with Crippen molar-refractivity contribution in [3.63, 3.8) is 0 Å². The maximum absolute atomic E-state index is 12.1. The number of likely N-dealkylation sites (N-methyl/N-ethyl adjacent to an activating group) is 2. The quantitative estimate of drug-likeness (QED) is 0.139. The lowest BCUT2D eigenvalue weighted by Crippen LogP contribution is -2.38. The third kappa shape index (κ3) is 21.7. The van der Waals surface area contributed by atoms with Crippen LogP contribution in [-0.2, 0) is 9.53 Å². The van der Waals surface area contributed by atoms with E-state index in [1.54, 1.807) is 0 Å². The van der Waals surface area contributed by atoms with E-state index in [9.17, 15) is 4.79 Å². The van der Waals surface area contributed by atoms with Crippen molar-refractivity contribution in [3.8, 4) is 0 Å². The van der Waals surface area contributed by atoms with Crippen LogP contribution < -0.4 is 0 Å². The van der Waals surface area contributed by atoms with Crippen molar-refractivity contribution < 1.29 is 9.53 Å². The molecule has 0 radical (unpaired) electrons. The standard InChI is InChI=1S/C25H50N2O2/c1-6-7-8-9-10-11-12-13-14-15-16-17-18-19-20-21-25(28)29-24(22-26(2)3)23-27(4)5/h13-14,24H,6-12,15-23H2,1-5H3/b14-13-. The minimum atomic E-state index is -0.0457. The average molecular weight is 411 g/mol. The number of carbonyl (C=O) groups excluding carboxylic acids is 1. The number of hydrogen-bond donors (Lipinski definition) is 0. The molecule has 172 valence electrons. The molecule has 0 saturated heterocycles. The molecule has 0 aromatic rings. The largest absolute Gasteiger partial charge is 0.460 e. The van der Waals surface area contributed by atoms with E-state index in [4.69, 9.17) is 4.74 Å². The molecule has 0 bridgehead atoms. The molecule has 0 rings (SSSR count). The zero-order chi connectivity index (χ0) is 21.7. The van der Waals surface area contributed by atoms with Gasteiger partial charge in [-0.3, -0.25) is 4.79 Å². The molecule has 0 atom stereocenters. The van der Waals surface area contributed by atoms with Gasteiger partial charge in [0.25, 0.3) is 0 Å². The molecule has 0 unspecified atom stereocenters. The number of nitrogens with zero attached hydrogens (tertiary/aromatic N) is 2. The second kappa shape index (κ2) is 20.4. The van der Waals surface area contributed by atoms with Gasteiger partial charge >= 0.3 is 5.97 Å². The Hall–Kier alpha value is -0.870. The van der Waals surface area contributed by atoms with Crippen LogP contribution in [0.5, 0.6) is 0 Å². The van der Waals surface area contributed by atoms with Gasteiger partial charge < -0.3 is 14.5 Å². The highest BCUT2D eigenvalue weighted by atomic mass is 16.5. The van der Waals surface area contributed by atoms with Gasteiger partial charge in [0.2, 0.25) is 0 Å². The van der Waals surface area contributed by atoms with Gasteiger partial charge in [0.1, 0.15) is 6.10 Å². The van der Waals surface area contributed by atoms with E-state index in [2.05, 4.69) is 28.9 Å². The van der Waals surface area contributed by atoms with E-state index < -0.39 is 0 Å². The number of hydrogen-bond acceptors (Lipinski definition) is 4. The van der Waals surface area contributed by atoms with Crippen molar-refractivity contribution in [1.82, 2.24) is 9.80 Å². The van der Waals surface area contributed by atoms with Gasteiger partial charge in [-0.1, -0.05) is 70.4 Å². The molecule has 0 aromatic heterocycles. The predicted molar refractivity (Wildman–Crippen MR) is 126 cm³/mol. The summed E-state index contributed by atoms with van der Waals surface area (Å²) >= 11 is 0. The van der Waals surface area contributed by atoms with E-state index in [1.165, 1.54) is 70.6 Å². The van der Waals surface area contributed by atoms with E-state index in [0.717, 1.165) is 25.9 Å². The monoisotopic (exact) mass is 410 g/mol. The molecular formula is C25H50N2O2. The van der Waals surface area contributed by atoms with Crippen molar-refractivity contribution in [1.29, 1.82) is 0 Å². The molecule has 0 aliphatic carbocycles. The first kappa shape index (κ1) is 28.1. The first-order chi connectivity index (χ1) is 14.0. The Morgan fingerprint density at radius 2 is 1.17 bits per heavy atom. The Bertz CT molecular complexity index is 384. The van der Waals surface area contributed by atoms with Crippen LogP contribution in [0.15, 0.2) is 12.2 Å². The van der Waals surface area contributed by atoms with Crippen molar-refractivity contribution >= 4 is 5.97 Å². The summed E-state index contributed by atoms with van der Waals surface area (Å²) in [6.45, 7) is 3.82. The first-order valence-electron chi connectivity index (χ1n) is 12.1. The number of ether oxygens (including phenoxy) is 1. The van der Waals surface area contributed by atoms with Crippen molar-refractivity contribution in [2.75, 3.05) is 41.3 Å². The van der Waals surface area contributed by atoms with Crippen LogP contribution in [0.25, 0.3) is 0 Å². The zero-order valence-electron chi connectivity index (χ0n) is 20.3. The van der Waals surface area contributed by atoms with Gasteiger partial charge in [0, 0.05) is 19.5 Å². The third-order valence-corrected chi connectivity index (χ3v) is 5.08. The molecule has 0 heterocycles. The second-order valence-electron chi connectivity index (χ2n) is 8.97. The molecule has 4 heteroatoms. The van der Waals surface area contributed by atoms with Crippen LogP contribution in [-0.4, -0.2) is 63.2 Å². The fourth-order valence-electron chi connectivity index (χ4n) is 3.53. The summed E-state index contributed by atoms with van der Waals surface area (Å²) in [5, 5.41) is 0. The van der Waals surface area contributed by atoms with Crippen molar-refractivity contribution in [2.24, 2.45) is 0 Å². The van der Waals surface area contributed by atoms with E-state index in [0.29, 0.717) is 6.42 Å². The molecule has 0 N–H and O–H groups in total. The Labute approximate surface area is 182 Å². The van der Waals surface area contributed by atoms with Gasteiger partial charge in [0.15, 0.2) is 0 Å². The van der Waals surface area contributed by atoms with Crippen LogP contribution in [0.4, 0.5) is 0 Å². The predicted octanol–water partition coefficient (Wildman–Crippen LogP) is 6.06. The maximum Gasteiger partial charge on any atom is 0.306 e. The topological polar surface area (TPSA) is 32.8 Å². The van der Waals surface area contributed by atoms with Crippen molar-refractivity contribution in [3.05, 3.63) is 12.2 Å². The SMILES string of the molecule is CCCCCCCC/C=C\CCCCCCCC(=O)OC(CN(C)C)CN(C)C. The number of esters is 1. The molecule has 0 aliphatic heterocycles. The molecular weight excluding hydrogens is 360 g/mol. The first-order valence-corrected chi connectivity index (χ1v) is 12.1. The Balaban J connectivity index is 3.54. The lowest BCUT2D eigenvalue weighted by atomic mass is 10.1. The fraction of sp³-hybridized carbons (Fsp3) is 0.880. The summed E-state index contributed by atoms with van der Waals surface area (Å²) in [7, 11) is 8.06. The van der Waals surface area contributed by atoms with Crippen LogP contribution in [0.3, 0.4) is 0 Å². The maximum atomic E-state index is 12.1. The van der Waals surface area contributed by atoms with Gasteiger partial charge in [-0.2, -0.15) is 0 Å². The molecule has 29 heavy (non-hydrogen) atoms. The second-order valence-corrected chi connectivity index (χ2v) is 8.97. The van der Waals surface area contributed by atoms with E-state index >= 15 is 0 Å². The Morgan fingerprint density at radius 1 is 0.724 bits per heavy atom. The molecule has 4 nitrogen and oxygen atoms in total. The number of rotatable bonds is 20. The summed E-state index contributed by atoms with van der Waals surface area (Å²) in [5.41, 5.74) is 0. The Kier molecular flexibility index (Phi) is 19.8. The minimum absolute atomic E-state index is 0.0451. The van der Waals surface area contributed by atoms with Gasteiger partial charge in [-0.25, -0.2) is 0 Å². The minimum Gasteiger partial charge on any atom is -0.460 e. The van der Waals surface area contributed by atoms with E-state index in [1.807, 2.05) is 28.2 Å². The molecule has 0 aromatic carbocycles. The summed E-state index contributed by atoms with van der Waals surface area (Å²) in [5.74, 6) is -0.0451. The number of unbranched alkanes of at least 4 members (excludes halogenated alkanes) is 11. The lowest BCUT2D eigenvalue weighted by Gasteiger charge is -2.24. The van der Waals surface area contributed by atoms with E-state index in [-0.39, 0.29) is 12.1 Å². The molecule has 0 spiro atoms. The third-order valence-electron chi connectivity index (χ3n) is 5.08. The number of carbonyl (C=O) groups is 1. The van der Waals surface area contributed by atoms with Crippen LogP contribution in [0, 0.1) is 0 Å². The molecule has 0 aliphatic rings.